The molecular weight excluding hydrogens is 260 g/mol. The van der Waals surface area contributed by atoms with Crippen LogP contribution in [0.4, 0.5) is 11.6 Å². The third-order valence-electron chi connectivity index (χ3n) is 5.33. The zero-order chi connectivity index (χ0) is 14.9. The number of hydrogen-bond donors (Lipinski definition) is 1. The lowest BCUT2D eigenvalue weighted by molar-refractivity contribution is 0.144. The highest BCUT2D eigenvalue weighted by Gasteiger charge is 2.35. The van der Waals surface area contributed by atoms with Gasteiger partial charge in [-0.3, -0.25) is 0 Å². The zero-order valence-electron chi connectivity index (χ0n) is 13.4. The molecule has 0 radical (unpaired) electrons. The molecule has 4 heteroatoms. The molecule has 21 heavy (non-hydrogen) atoms. The molecule has 1 aliphatic heterocycles. The standard InChI is InChI=1S/C17H28N4/c1-13(2)16-19-14(18)12-15(20-16)21-10-8-17(9-11-21)6-4-3-5-7-17/h12-13H,3-11H2,1-2H3,(H2,18,19,20). The molecule has 2 N–H and O–H groups in total. The minimum Gasteiger partial charge on any atom is -0.384 e. The van der Waals surface area contributed by atoms with Gasteiger partial charge in [0.15, 0.2) is 0 Å². The molecular formula is C17H28N4. The van der Waals surface area contributed by atoms with E-state index in [-0.39, 0.29) is 0 Å². The Kier molecular flexibility index (Phi) is 4.05. The summed E-state index contributed by atoms with van der Waals surface area (Å²) < 4.78 is 0. The first-order chi connectivity index (χ1) is 10.1. The van der Waals surface area contributed by atoms with Crippen LogP contribution in [0.3, 0.4) is 0 Å². The molecule has 3 rings (SSSR count). The van der Waals surface area contributed by atoms with Crippen molar-refractivity contribution in [2.45, 2.75) is 64.7 Å². The van der Waals surface area contributed by atoms with Crippen molar-refractivity contribution in [2.75, 3.05) is 23.7 Å². The number of nitrogens with zero attached hydrogens (tertiary/aromatic N) is 3. The van der Waals surface area contributed by atoms with Crippen LogP contribution in [0.25, 0.3) is 0 Å². The van der Waals surface area contributed by atoms with Gasteiger partial charge < -0.3 is 10.6 Å². The summed E-state index contributed by atoms with van der Waals surface area (Å²) in [6, 6.07) is 1.94. The van der Waals surface area contributed by atoms with Crippen molar-refractivity contribution < 1.29 is 0 Å². The number of rotatable bonds is 2. The van der Waals surface area contributed by atoms with E-state index in [4.69, 9.17) is 10.7 Å². The second-order valence-corrected chi connectivity index (χ2v) is 7.21. The number of nitrogen functional groups attached to an aromatic ring is 1. The summed E-state index contributed by atoms with van der Waals surface area (Å²) >= 11 is 0. The van der Waals surface area contributed by atoms with Gasteiger partial charge in [0.2, 0.25) is 0 Å². The monoisotopic (exact) mass is 288 g/mol. The lowest BCUT2D eigenvalue weighted by Crippen LogP contribution is -2.41. The Labute approximate surface area is 128 Å². The molecule has 0 unspecified atom stereocenters. The Hall–Kier alpha value is -1.32. The molecule has 0 amide bonds. The van der Waals surface area contributed by atoms with E-state index >= 15 is 0 Å². The quantitative estimate of drug-likeness (QED) is 0.901. The number of piperidine rings is 1. The Bertz CT molecular complexity index is 482. The van der Waals surface area contributed by atoms with Gasteiger partial charge in [-0.1, -0.05) is 33.1 Å². The molecule has 1 aromatic rings. The summed E-state index contributed by atoms with van der Waals surface area (Å²) in [7, 11) is 0. The highest BCUT2D eigenvalue weighted by molar-refractivity contribution is 5.47. The Morgan fingerprint density at radius 1 is 1.05 bits per heavy atom. The highest BCUT2D eigenvalue weighted by atomic mass is 15.2. The summed E-state index contributed by atoms with van der Waals surface area (Å²) in [4.78, 5) is 11.5. The molecule has 0 bridgehead atoms. The van der Waals surface area contributed by atoms with Crippen molar-refractivity contribution in [2.24, 2.45) is 5.41 Å². The van der Waals surface area contributed by atoms with E-state index < -0.39 is 0 Å². The number of nitrogens with two attached hydrogens (primary N) is 1. The summed E-state index contributed by atoms with van der Waals surface area (Å²) in [5, 5.41) is 0. The fourth-order valence-corrected chi connectivity index (χ4v) is 3.90. The fourth-order valence-electron chi connectivity index (χ4n) is 3.90. The van der Waals surface area contributed by atoms with Crippen LogP contribution in [0.15, 0.2) is 6.07 Å². The smallest absolute Gasteiger partial charge is 0.135 e. The molecule has 1 aromatic heterocycles. The number of anilines is 2. The van der Waals surface area contributed by atoms with Crippen LogP contribution in [-0.2, 0) is 0 Å². The van der Waals surface area contributed by atoms with Crippen molar-refractivity contribution in [1.29, 1.82) is 0 Å². The predicted molar refractivity (Wildman–Crippen MR) is 87.5 cm³/mol. The second kappa shape index (κ2) is 5.82. The third kappa shape index (κ3) is 3.14. The maximum absolute atomic E-state index is 5.96. The molecule has 116 valence electrons. The average molecular weight is 288 g/mol. The van der Waals surface area contributed by atoms with E-state index in [0.29, 0.717) is 17.2 Å². The number of aromatic nitrogens is 2. The molecule has 1 aliphatic carbocycles. The number of hydrogen-bond acceptors (Lipinski definition) is 4. The van der Waals surface area contributed by atoms with Gasteiger partial charge in [0.05, 0.1) is 0 Å². The molecule has 0 aromatic carbocycles. The molecule has 0 atom stereocenters. The van der Waals surface area contributed by atoms with Crippen LogP contribution < -0.4 is 10.6 Å². The molecule has 1 saturated heterocycles. The van der Waals surface area contributed by atoms with Crippen molar-refractivity contribution in [3.05, 3.63) is 11.9 Å². The van der Waals surface area contributed by atoms with Gasteiger partial charge in [0, 0.05) is 25.1 Å². The molecule has 1 saturated carbocycles. The maximum atomic E-state index is 5.96. The minimum absolute atomic E-state index is 0.321. The predicted octanol–water partition coefficient (Wildman–Crippen LogP) is 3.73. The topological polar surface area (TPSA) is 55.0 Å². The van der Waals surface area contributed by atoms with Crippen molar-refractivity contribution in [3.63, 3.8) is 0 Å². The van der Waals surface area contributed by atoms with Gasteiger partial charge in [-0.2, -0.15) is 0 Å². The maximum Gasteiger partial charge on any atom is 0.135 e. The summed E-state index contributed by atoms with van der Waals surface area (Å²) in [6.45, 7) is 6.47. The van der Waals surface area contributed by atoms with Gasteiger partial charge in [0.1, 0.15) is 17.5 Å². The SMILES string of the molecule is CC(C)c1nc(N)cc(N2CCC3(CCCCC3)CC2)n1. The lowest BCUT2D eigenvalue weighted by atomic mass is 9.68. The summed E-state index contributed by atoms with van der Waals surface area (Å²) in [5.74, 6) is 2.81. The van der Waals surface area contributed by atoms with E-state index in [2.05, 4.69) is 23.7 Å². The van der Waals surface area contributed by atoms with E-state index in [1.54, 1.807) is 0 Å². The first kappa shape index (κ1) is 14.6. The highest BCUT2D eigenvalue weighted by Crippen LogP contribution is 2.45. The zero-order valence-corrected chi connectivity index (χ0v) is 13.4. The van der Waals surface area contributed by atoms with Gasteiger partial charge in [-0.05, 0) is 31.1 Å². The first-order valence-corrected chi connectivity index (χ1v) is 8.47. The Morgan fingerprint density at radius 2 is 1.71 bits per heavy atom. The van der Waals surface area contributed by atoms with Crippen LogP contribution in [0.5, 0.6) is 0 Å². The van der Waals surface area contributed by atoms with Crippen LogP contribution in [0.2, 0.25) is 0 Å². The lowest BCUT2D eigenvalue weighted by Gasteiger charge is -2.44. The third-order valence-corrected chi connectivity index (χ3v) is 5.33. The van der Waals surface area contributed by atoms with Crippen molar-refractivity contribution in [1.82, 2.24) is 9.97 Å². The van der Waals surface area contributed by atoms with E-state index in [1.165, 1.54) is 44.9 Å². The molecule has 2 heterocycles. The first-order valence-electron chi connectivity index (χ1n) is 8.47. The molecule has 4 nitrogen and oxygen atoms in total. The molecule has 2 fully saturated rings. The van der Waals surface area contributed by atoms with Gasteiger partial charge >= 0.3 is 0 Å². The Balaban J connectivity index is 1.71. The second-order valence-electron chi connectivity index (χ2n) is 7.21. The van der Waals surface area contributed by atoms with Crippen LogP contribution in [0, 0.1) is 5.41 Å². The fraction of sp³-hybridized carbons (Fsp3) is 0.765. The van der Waals surface area contributed by atoms with Gasteiger partial charge in [-0.25, -0.2) is 9.97 Å². The van der Waals surface area contributed by atoms with Gasteiger partial charge in [-0.15, -0.1) is 0 Å². The van der Waals surface area contributed by atoms with Crippen LogP contribution in [-0.4, -0.2) is 23.1 Å². The minimum atomic E-state index is 0.321. The largest absolute Gasteiger partial charge is 0.384 e. The summed E-state index contributed by atoms with van der Waals surface area (Å²) in [5.41, 5.74) is 6.60. The summed E-state index contributed by atoms with van der Waals surface area (Å²) in [6.07, 6.45) is 9.79. The van der Waals surface area contributed by atoms with E-state index in [9.17, 15) is 0 Å². The van der Waals surface area contributed by atoms with Crippen molar-refractivity contribution in [3.8, 4) is 0 Å². The van der Waals surface area contributed by atoms with Crippen LogP contribution in [0.1, 0.15) is 70.5 Å². The average Bonchev–Trinajstić information content (AvgIpc) is 2.48. The molecule has 2 aliphatic rings. The van der Waals surface area contributed by atoms with E-state index in [0.717, 1.165) is 24.7 Å². The van der Waals surface area contributed by atoms with Crippen LogP contribution >= 0.6 is 0 Å². The van der Waals surface area contributed by atoms with Crippen molar-refractivity contribution >= 4 is 11.6 Å². The van der Waals surface area contributed by atoms with E-state index in [1.807, 2.05) is 6.07 Å². The van der Waals surface area contributed by atoms with Gasteiger partial charge in [0.25, 0.3) is 0 Å². The normalized spacial score (nSPS) is 22.0. The Morgan fingerprint density at radius 3 is 2.33 bits per heavy atom. The molecule has 1 spiro atoms.